The van der Waals surface area contributed by atoms with E-state index in [0.29, 0.717) is 91.3 Å². The fourth-order valence-corrected chi connectivity index (χ4v) is 11.1. The van der Waals surface area contributed by atoms with Crippen LogP contribution < -0.4 is 10.2 Å². The number of hydrogen-bond donors (Lipinski definition) is 3. The fourth-order valence-electron chi connectivity index (χ4n) is 10.6. The van der Waals surface area contributed by atoms with Crippen LogP contribution in [0.1, 0.15) is 73.6 Å². The van der Waals surface area contributed by atoms with Gasteiger partial charge in [-0.25, -0.2) is 8.78 Å². The molecule has 6 fully saturated rings. The Balaban J connectivity index is 0.000000172. The van der Waals surface area contributed by atoms with Gasteiger partial charge >= 0.3 is 0 Å². The number of anilines is 1. The molecule has 392 valence electrons. The normalized spacial score (nSPS) is 23.7. The highest BCUT2D eigenvalue weighted by Gasteiger charge is 2.63. The number of nitrogens with zero attached hydrogens (tertiary/aromatic N) is 7. The van der Waals surface area contributed by atoms with Gasteiger partial charge in [0.05, 0.1) is 52.2 Å². The highest BCUT2D eigenvalue weighted by Crippen LogP contribution is 2.49. The number of amides is 6. The quantitative estimate of drug-likeness (QED) is 0.189. The lowest BCUT2D eigenvalue weighted by Crippen LogP contribution is -2.74. The van der Waals surface area contributed by atoms with Crippen LogP contribution >= 0.6 is 39.1 Å². The van der Waals surface area contributed by atoms with E-state index in [4.69, 9.17) is 33.7 Å². The van der Waals surface area contributed by atoms with E-state index in [0.717, 1.165) is 22.1 Å². The number of carbonyl (C=O) groups is 6. The van der Waals surface area contributed by atoms with E-state index in [1.807, 2.05) is 24.3 Å². The van der Waals surface area contributed by atoms with Crippen LogP contribution in [0.25, 0.3) is 0 Å². The lowest BCUT2D eigenvalue weighted by molar-refractivity contribution is -0.170. The number of benzene rings is 4. The van der Waals surface area contributed by atoms with Crippen LogP contribution in [0.4, 0.5) is 14.5 Å². The van der Waals surface area contributed by atoms with Gasteiger partial charge in [0.25, 0.3) is 5.91 Å². The van der Waals surface area contributed by atoms with Crippen LogP contribution in [0, 0.1) is 46.1 Å². The van der Waals surface area contributed by atoms with Crippen molar-refractivity contribution in [1.29, 1.82) is 10.5 Å². The minimum absolute atomic E-state index is 0.0171. The van der Waals surface area contributed by atoms with E-state index < -0.39 is 40.6 Å². The van der Waals surface area contributed by atoms with Crippen LogP contribution in [0.3, 0.4) is 0 Å². The number of nitriles is 2. The molecule has 2 saturated carbocycles. The van der Waals surface area contributed by atoms with E-state index in [1.54, 1.807) is 57.2 Å². The van der Waals surface area contributed by atoms with Crippen molar-refractivity contribution in [3.05, 3.63) is 133 Å². The maximum absolute atomic E-state index is 14.9. The highest BCUT2D eigenvalue weighted by molar-refractivity contribution is 9.10. The fraction of sp³-hybridized carbons (Fsp3) is 0.407. The third kappa shape index (κ3) is 11.8. The van der Waals surface area contributed by atoms with Crippen molar-refractivity contribution in [2.45, 2.75) is 87.7 Å². The van der Waals surface area contributed by atoms with E-state index >= 15 is 0 Å². The summed E-state index contributed by atoms with van der Waals surface area (Å²) in [5.41, 5.74) is -0.190. The van der Waals surface area contributed by atoms with Gasteiger partial charge in [-0.15, -0.1) is 0 Å². The molecule has 16 nitrogen and oxygen atoms in total. The van der Waals surface area contributed by atoms with Gasteiger partial charge in [-0.3, -0.25) is 33.7 Å². The molecule has 0 aromatic heterocycles. The SMILES string of the molecule is N#Cc1ccc(Br)c(F)c1.N#Cc1ccc(N2CC(=O)N(Cc3ccc(Cl)cc3)C3(CC(C(=O)N4CCC(O)CC4)C3)C2=O)c(F)c1.O=C(C1CC2(C1)C(=O)NCC(=O)N2Cc1ccc(Cl)cc1)N1CCC(O)CC1. The lowest BCUT2D eigenvalue weighted by atomic mass is 9.64. The van der Waals surface area contributed by atoms with Gasteiger partial charge in [0.1, 0.15) is 29.3 Å². The molecular weight excluding hydrogens is 1080 g/mol. The zero-order valence-electron chi connectivity index (χ0n) is 40.6. The first kappa shape index (κ1) is 54.8. The minimum atomic E-state index is -1.29. The van der Waals surface area contributed by atoms with Crippen molar-refractivity contribution in [2.75, 3.05) is 44.2 Å². The van der Waals surface area contributed by atoms with E-state index in [2.05, 4.69) is 21.2 Å². The predicted molar refractivity (Wildman–Crippen MR) is 274 cm³/mol. The van der Waals surface area contributed by atoms with Crippen molar-refractivity contribution >= 4 is 80.3 Å². The summed E-state index contributed by atoms with van der Waals surface area (Å²) in [6.07, 6.45) is 2.40. The summed E-state index contributed by atoms with van der Waals surface area (Å²) in [5.74, 6) is -3.07. The standard InChI is InChI=1S/C27H26ClFN4O4.C20H24ClN3O4.C7H3BrFN/c28-20-4-1-17(2-5-20)15-33-24(35)16-32(23-6-3-18(14-30)11-22(23)29)26(37)27(33)12-19(13-27)25(36)31-9-7-21(34)8-10-31;21-15-3-1-13(2-4-15)12-24-17(26)11-22-19(28)20(24)9-14(10-20)18(27)23-7-5-16(25)6-8-23;8-6-2-1-5(4-10)3-7(6)9/h1-6,11,19,21,34H,7-10,12-13,15-16H2;1-4,14,16,25H,5-12H2,(H,22,28);1-3H. The monoisotopic (exact) mass is 1130 g/mol. The first-order valence-electron chi connectivity index (χ1n) is 24.5. The first-order valence-corrected chi connectivity index (χ1v) is 26.1. The van der Waals surface area contributed by atoms with Crippen LogP contribution in [-0.4, -0.2) is 128 Å². The number of nitrogens with one attached hydrogen (secondary N) is 1. The van der Waals surface area contributed by atoms with Crippen LogP contribution in [0.5, 0.6) is 0 Å². The molecule has 0 radical (unpaired) electrons. The first-order chi connectivity index (χ1) is 35.8. The number of aliphatic hydroxyl groups is 2. The third-order valence-corrected chi connectivity index (χ3v) is 16.1. The molecule has 4 aliphatic heterocycles. The van der Waals surface area contributed by atoms with E-state index in [1.165, 1.54) is 29.2 Å². The Kier molecular flexibility index (Phi) is 16.9. The summed E-state index contributed by atoms with van der Waals surface area (Å²) in [7, 11) is 0. The van der Waals surface area contributed by atoms with E-state index in [-0.39, 0.29) is 85.3 Å². The predicted octanol–water partition coefficient (Wildman–Crippen LogP) is 6.25. The molecule has 3 N–H and O–H groups in total. The van der Waals surface area contributed by atoms with E-state index in [9.17, 15) is 47.8 Å². The van der Waals surface area contributed by atoms with Crippen LogP contribution in [0.15, 0.2) is 89.4 Å². The van der Waals surface area contributed by atoms with Crippen LogP contribution in [0.2, 0.25) is 10.0 Å². The maximum atomic E-state index is 14.9. The molecule has 0 bridgehead atoms. The van der Waals surface area contributed by atoms with Crippen LogP contribution in [-0.2, 0) is 41.9 Å². The van der Waals surface area contributed by atoms with Gasteiger partial charge < -0.3 is 35.1 Å². The van der Waals surface area contributed by atoms with Gasteiger partial charge in [0.2, 0.25) is 29.5 Å². The van der Waals surface area contributed by atoms with Gasteiger partial charge in [0, 0.05) is 61.1 Å². The van der Waals surface area contributed by atoms with Gasteiger partial charge in [-0.1, -0.05) is 47.5 Å². The van der Waals surface area contributed by atoms with Gasteiger partial charge in [0.15, 0.2) is 0 Å². The Morgan fingerprint density at radius 1 is 0.653 bits per heavy atom. The molecule has 4 aromatic rings. The molecule has 6 amide bonds. The summed E-state index contributed by atoms with van der Waals surface area (Å²) < 4.78 is 27.8. The number of aliphatic hydroxyl groups excluding tert-OH is 2. The summed E-state index contributed by atoms with van der Waals surface area (Å²) in [6, 6.07) is 25.9. The topological polar surface area (TPSA) is 219 Å². The Morgan fingerprint density at radius 3 is 1.55 bits per heavy atom. The average Bonchev–Trinajstić information content (AvgIpc) is 3.40. The van der Waals surface area contributed by atoms with Crippen molar-refractivity contribution in [3.63, 3.8) is 0 Å². The largest absolute Gasteiger partial charge is 0.393 e. The molecule has 6 aliphatic rings. The number of likely N-dealkylation sites (tertiary alicyclic amines) is 2. The Bertz CT molecular complexity index is 2930. The van der Waals surface area contributed by atoms with Crippen molar-refractivity contribution in [1.82, 2.24) is 24.9 Å². The minimum Gasteiger partial charge on any atom is -0.393 e. The molecule has 0 unspecified atom stereocenters. The Morgan fingerprint density at radius 2 is 1.09 bits per heavy atom. The molecule has 4 heterocycles. The number of halogens is 5. The Hall–Kier alpha value is -6.48. The molecule has 10 rings (SSSR count). The number of carbonyl (C=O) groups excluding carboxylic acids is 6. The van der Waals surface area contributed by atoms with Gasteiger partial charge in [-0.2, -0.15) is 10.5 Å². The third-order valence-electron chi connectivity index (χ3n) is 14.9. The highest BCUT2D eigenvalue weighted by atomic mass is 79.9. The average molecular weight is 1130 g/mol. The summed E-state index contributed by atoms with van der Waals surface area (Å²) in [6.45, 7) is 2.10. The molecule has 0 atom stereocenters. The molecule has 4 saturated heterocycles. The molecule has 21 heteroatoms. The summed E-state index contributed by atoms with van der Waals surface area (Å²) in [5, 5.41) is 40.6. The van der Waals surface area contributed by atoms with Gasteiger partial charge in [-0.05, 0) is 139 Å². The lowest BCUT2D eigenvalue weighted by Gasteiger charge is -2.57. The number of rotatable bonds is 7. The summed E-state index contributed by atoms with van der Waals surface area (Å²) >= 11 is 14.9. The number of piperazine rings is 2. The smallest absolute Gasteiger partial charge is 0.253 e. The second-order valence-electron chi connectivity index (χ2n) is 19.7. The zero-order valence-corrected chi connectivity index (χ0v) is 43.7. The zero-order chi connectivity index (χ0) is 53.8. The Labute approximate surface area is 450 Å². The summed E-state index contributed by atoms with van der Waals surface area (Å²) in [4.78, 5) is 86.4. The number of hydrogen-bond acceptors (Lipinski definition) is 10. The second-order valence-corrected chi connectivity index (χ2v) is 21.4. The molecular formula is C54H53BrCl2F2N8O8. The number of piperidine rings is 2. The molecule has 75 heavy (non-hydrogen) atoms. The van der Waals surface area contributed by atoms with Crippen molar-refractivity contribution < 1.29 is 47.8 Å². The molecule has 2 aliphatic carbocycles. The molecule has 2 spiro atoms. The second kappa shape index (κ2) is 23.2. The van der Waals surface area contributed by atoms with Crippen molar-refractivity contribution in [3.8, 4) is 12.1 Å². The molecule has 4 aromatic carbocycles. The van der Waals surface area contributed by atoms with Crippen molar-refractivity contribution in [2.24, 2.45) is 11.8 Å². The maximum Gasteiger partial charge on any atom is 0.253 e.